The standard InChI is InChI=1S/C5H9O3/c1-4-5(8-4)7-3-2-6/h5-6H,2-3H2,1H3. The highest BCUT2D eigenvalue weighted by Gasteiger charge is 2.36. The summed E-state index contributed by atoms with van der Waals surface area (Å²) in [5, 5.41) is 8.24. The van der Waals surface area contributed by atoms with Crippen LogP contribution in [0.1, 0.15) is 6.92 Å². The predicted octanol–water partition coefficient (Wildman–Crippen LogP) is -0.0965. The Morgan fingerprint density at radius 3 is 2.88 bits per heavy atom. The minimum atomic E-state index is -0.123. The van der Waals surface area contributed by atoms with Gasteiger partial charge in [-0.15, -0.1) is 0 Å². The molecule has 8 heavy (non-hydrogen) atoms. The van der Waals surface area contributed by atoms with Gasteiger partial charge in [-0.25, -0.2) is 0 Å². The van der Waals surface area contributed by atoms with Crippen LogP contribution >= 0.6 is 0 Å². The summed E-state index contributed by atoms with van der Waals surface area (Å²) < 4.78 is 9.71. The first-order valence-corrected chi connectivity index (χ1v) is 2.57. The molecule has 0 aliphatic carbocycles. The lowest BCUT2D eigenvalue weighted by Crippen LogP contribution is -2.01. The predicted molar refractivity (Wildman–Crippen MR) is 26.8 cm³/mol. The molecule has 0 aromatic heterocycles. The van der Waals surface area contributed by atoms with Crippen molar-refractivity contribution in [2.24, 2.45) is 0 Å². The average Bonchev–Trinajstić information content (AvgIpc) is 2.42. The Bertz CT molecular complexity index is 74.1. The molecule has 0 saturated carbocycles. The summed E-state index contributed by atoms with van der Waals surface area (Å²) in [5.41, 5.74) is 0. The molecule has 0 spiro atoms. The fraction of sp³-hybridized carbons (Fsp3) is 0.800. The smallest absolute Gasteiger partial charge is 0.190 e. The third-order valence-corrected chi connectivity index (χ3v) is 0.928. The molecule has 1 heterocycles. The topological polar surface area (TPSA) is 42.0 Å². The molecule has 1 fully saturated rings. The molecule has 0 aromatic rings. The van der Waals surface area contributed by atoms with E-state index < -0.39 is 0 Å². The fourth-order valence-corrected chi connectivity index (χ4v) is 0.446. The van der Waals surface area contributed by atoms with Crippen molar-refractivity contribution >= 4 is 0 Å². The van der Waals surface area contributed by atoms with Crippen LogP contribution in [0.5, 0.6) is 0 Å². The van der Waals surface area contributed by atoms with E-state index in [9.17, 15) is 0 Å². The highest BCUT2D eigenvalue weighted by atomic mass is 16.8. The molecule has 3 heteroatoms. The van der Waals surface area contributed by atoms with Crippen molar-refractivity contribution < 1.29 is 14.6 Å². The lowest BCUT2D eigenvalue weighted by atomic mass is 10.5. The summed E-state index contributed by atoms with van der Waals surface area (Å²) >= 11 is 0. The Hall–Kier alpha value is -0.120. The third kappa shape index (κ3) is 1.43. The van der Waals surface area contributed by atoms with Crippen molar-refractivity contribution in [2.45, 2.75) is 13.2 Å². The van der Waals surface area contributed by atoms with Gasteiger partial charge >= 0.3 is 0 Å². The molecule has 0 amide bonds. The van der Waals surface area contributed by atoms with Gasteiger partial charge in [-0.1, -0.05) is 0 Å². The molecular weight excluding hydrogens is 108 g/mol. The van der Waals surface area contributed by atoms with E-state index in [1.807, 2.05) is 6.92 Å². The molecule has 47 valence electrons. The Balaban J connectivity index is 1.89. The highest BCUT2D eigenvalue weighted by molar-refractivity contribution is 4.91. The number of rotatable bonds is 3. The zero-order valence-electron chi connectivity index (χ0n) is 4.76. The van der Waals surface area contributed by atoms with Crippen LogP contribution in [-0.2, 0) is 9.47 Å². The second-order valence-electron chi connectivity index (χ2n) is 1.65. The van der Waals surface area contributed by atoms with Gasteiger partial charge in [0.2, 0.25) is 0 Å². The minimum absolute atomic E-state index is 0.0626. The number of hydrogen-bond donors (Lipinski definition) is 1. The average molecular weight is 117 g/mol. The quantitative estimate of drug-likeness (QED) is 0.525. The number of aliphatic hydroxyl groups is 1. The summed E-state index contributed by atoms with van der Waals surface area (Å²) in [6.45, 7) is 2.27. The van der Waals surface area contributed by atoms with Crippen LogP contribution in [0.25, 0.3) is 0 Å². The second-order valence-corrected chi connectivity index (χ2v) is 1.65. The number of aliphatic hydroxyl groups excluding tert-OH is 1. The maximum Gasteiger partial charge on any atom is 0.190 e. The first kappa shape index (κ1) is 6.01. The van der Waals surface area contributed by atoms with Gasteiger partial charge in [0.25, 0.3) is 0 Å². The molecular formula is C5H9O3. The number of ether oxygens (including phenoxy) is 2. The maximum absolute atomic E-state index is 8.24. The fourth-order valence-electron chi connectivity index (χ4n) is 0.446. The first-order valence-electron chi connectivity index (χ1n) is 2.57. The van der Waals surface area contributed by atoms with E-state index >= 15 is 0 Å². The van der Waals surface area contributed by atoms with Crippen LogP contribution in [-0.4, -0.2) is 24.6 Å². The Morgan fingerprint density at radius 2 is 2.50 bits per heavy atom. The third-order valence-electron chi connectivity index (χ3n) is 0.928. The van der Waals surface area contributed by atoms with Gasteiger partial charge in [-0.2, -0.15) is 0 Å². The summed E-state index contributed by atoms with van der Waals surface area (Å²) in [4.78, 5) is 0. The SMILES string of the molecule is C[C]1OC1OCCO. The molecule has 1 unspecified atom stereocenters. The number of hydrogen-bond acceptors (Lipinski definition) is 3. The van der Waals surface area contributed by atoms with Crippen molar-refractivity contribution in [1.29, 1.82) is 0 Å². The van der Waals surface area contributed by atoms with Crippen LogP contribution in [0.2, 0.25) is 0 Å². The van der Waals surface area contributed by atoms with Crippen LogP contribution in [0.4, 0.5) is 0 Å². The molecule has 1 N–H and O–H groups in total. The first-order chi connectivity index (χ1) is 3.84. The Labute approximate surface area is 48.2 Å². The maximum atomic E-state index is 8.24. The van der Waals surface area contributed by atoms with E-state index in [4.69, 9.17) is 14.6 Å². The zero-order chi connectivity index (χ0) is 5.98. The molecule has 1 radical (unpaired) electrons. The van der Waals surface area contributed by atoms with Gasteiger partial charge in [0.05, 0.1) is 13.2 Å². The molecule has 0 aromatic carbocycles. The van der Waals surface area contributed by atoms with Crippen molar-refractivity contribution in [3.8, 4) is 0 Å². The van der Waals surface area contributed by atoms with Gasteiger partial charge in [-0.3, -0.25) is 0 Å². The largest absolute Gasteiger partial charge is 0.394 e. The van der Waals surface area contributed by atoms with Crippen molar-refractivity contribution in [1.82, 2.24) is 0 Å². The number of epoxide rings is 1. The molecule has 1 aliphatic rings. The lowest BCUT2D eigenvalue weighted by molar-refractivity contribution is 0.0277. The lowest BCUT2D eigenvalue weighted by Gasteiger charge is -1.91. The van der Waals surface area contributed by atoms with Crippen molar-refractivity contribution in [3.63, 3.8) is 0 Å². The Kier molecular flexibility index (Phi) is 1.83. The van der Waals surface area contributed by atoms with Crippen molar-refractivity contribution in [2.75, 3.05) is 13.2 Å². The van der Waals surface area contributed by atoms with Crippen LogP contribution in [0.3, 0.4) is 0 Å². The van der Waals surface area contributed by atoms with E-state index in [0.29, 0.717) is 6.61 Å². The molecule has 0 bridgehead atoms. The summed E-state index contributed by atoms with van der Waals surface area (Å²) in [6, 6.07) is 0. The van der Waals surface area contributed by atoms with E-state index in [0.717, 1.165) is 6.10 Å². The van der Waals surface area contributed by atoms with E-state index in [1.54, 1.807) is 0 Å². The van der Waals surface area contributed by atoms with Crippen molar-refractivity contribution in [3.05, 3.63) is 6.10 Å². The van der Waals surface area contributed by atoms with Gasteiger partial charge < -0.3 is 14.6 Å². The molecule has 1 atom stereocenters. The van der Waals surface area contributed by atoms with Crippen LogP contribution in [0, 0.1) is 6.10 Å². The second kappa shape index (κ2) is 2.44. The van der Waals surface area contributed by atoms with Crippen LogP contribution < -0.4 is 0 Å². The highest BCUT2D eigenvalue weighted by Crippen LogP contribution is 2.29. The van der Waals surface area contributed by atoms with Gasteiger partial charge in [0, 0.05) is 0 Å². The van der Waals surface area contributed by atoms with Gasteiger partial charge in [-0.05, 0) is 6.92 Å². The molecule has 1 aliphatic heterocycles. The molecule has 3 nitrogen and oxygen atoms in total. The normalized spacial score (nSPS) is 28.5. The van der Waals surface area contributed by atoms with Gasteiger partial charge in [0.1, 0.15) is 0 Å². The van der Waals surface area contributed by atoms with Gasteiger partial charge in [0.15, 0.2) is 12.4 Å². The summed E-state index contributed by atoms with van der Waals surface area (Å²) in [5.74, 6) is 0. The van der Waals surface area contributed by atoms with E-state index in [1.165, 1.54) is 0 Å². The molecule has 1 rings (SSSR count). The Morgan fingerprint density at radius 1 is 1.88 bits per heavy atom. The summed E-state index contributed by atoms with van der Waals surface area (Å²) in [6.07, 6.45) is 0.778. The van der Waals surface area contributed by atoms with E-state index in [-0.39, 0.29) is 12.9 Å². The molecule has 1 saturated heterocycles. The zero-order valence-corrected chi connectivity index (χ0v) is 4.76. The van der Waals surface area contributed by atoms with Crippen LogP contribution in [0.15, 0.2) is 0 Å². The minimum Gasteiger partial charge on any atom is -0.394 e. The summed E-state index contributed by atoms with van der Waals surface area (Å²) in [7, 11) is 0. The monoisotopic (exact) mass is 117 g/mol. The van der Waals surface area contributed by atoms with E-state index in [2.05, 4.69) is 0 Å².